The molecular formula is C26H17ClO6. The van der Waals surface area contributed by atoms with Gasteiger partial charge in [0, 0.05) is 16.0 Å². The molecular weight excluding hydrogens is 444 g/mol. The van der Waals surface area contributed by atoms with E-state index >= 15 is 0 Å². The van der Waals surface area contributed by atoms with E-state index in [1.54, 1.807) is 55.6 Å². The lowest BCUT2D eigenvalue weighted by molar-refractivity contribution is 0.0894. The second-order valence-electron chi connectivity index (χ2n) is 7.32. The standard InChI is InChI=1S/C26H17ClO6/c1-30-18-9-6-15(7-10-18)25-26(24(29)19-13-17(27)8-11-22(19)33-25)31-14-20(28)23-12-16-4-2-3-5-21(16)32-23/h2-13H,14H2,1H3. The largest absolute Gasteiger partial charge is 0.497 e. The Balaban J connectivity index is 1.55. The van der Waals surface area contributed by atoms with E-state index in [1.807, 2.05) is 18.2 Å². The van der Waals surface area contributed by atoms with Crippen LogP contribution in [0.25, 0.3) is 33.3 Å². The van der Waals surface area contributed by atoms with Gasteiger partial charge in [-0.2, -0.15) is 0 Å². The highest BCUT2D eigenvalue weighted by Gasteiger charge is 2.21. The number of carbonyl (C=O) groups is 1. The first kappa shape index (κ1) is 20.8. The minimum absolute atomic E-state index is 0.0839. The smallest absolute Gasteiger partial charge is 0.235 e. The van der Waals surface area contributed by atoms with Gasteiger partial charge in [0.2, 0.25) is 17.0 Å². The van der Waals surface area contributed by atoms with Gasteiger partial charge in [0.15, 0.2) is 18.1 Å². The highest BCUT2D eigenvalue weighted by molar-refractivity contribution is 6.31. The molecule has 0 radical (unpaired) electrons. The van der Waals surface area contributed by atoms with E-state index in [0.29, 0.717) is 27.5 Å². The Morgan fingerprint density at radius 1 is 0.939 bits per heavy atom. The molecule has 33 heavy (non-hydrogen) atoms. The topological polar surface area (TPSA) is 78.9 Å². The van der Waals surface area contributed by atoms with E-state index in [2.05, 4.69) is 0 Å². The van der Waals surface area contributed by atoms with Crippen LogP contribution in [0.3, 0.4) is 0 Å². The molecule has 0 N–H and O–H groups in total. The summed E-state index contributed by atoms with van der Waals surface area (Å²) in [6, 6.07) is 20.7. The van der Waals surface area contributed by atoms with Crippen LogP contribution in [0, 0.1) is 0 Å². The lowest BCUT2D eigenvalue weighted by Gasteiger charge is -2.11. The van der Waals surface area contributed by atoms with Crippen molar-refractivity contribution in [2.24, 2.45) is 0 Å². The number of hydrogen-bond donors (Lipinski definition) is 0. The summed E-state index contributed by atoms with van der Waals surface area (Å²) in [6.07, 6.45) is 0. The predicted molar refractivity (Wildman–Crippen MR) is 126 cm³/mol. The number of benzene rings is 3. The number of methoxy groups -OCH3 is 1. The van der Waals surface area contributed by atoms with Crippen molar-refractivity contribution in [2.75, 3.05) is 13.7 Å². The zero-order chi connectivity index (χ0) is 22.9. The quantitative estimate of drug-likeness (QED) is 0.283. The van der Waals surface area contributed by atoms with E-state index in [4.69, 9.17) is 29.9 Å². The van der Waals surface area contributed by atoms with E-state index in [-0.39, 0.29) is 22.7 Å². The first-order valence-electron chi connectivity index (χ1n) is 10.1. The summed E-state index contributed by atoms with van der Waals surface area (Å²) in [4.78, 5) is 26.0. The Bertz CT molecular complexity index is 1510. The summed E-state index contributed by atoms with van der Waals surface area (Å²) in [7, 11) is 1.56. The molecule has 5 rings (SSSR count). The zero-order valence-corrected chi connectivity index (χ0v) is 18.2. The summed E-state index contributed by atoms with van der Waals surface area (Å²) >= 11 is 6.08. The Kier molecular flexibility index (Phi) is 5.36. The molecule has 0 amide bonds. The normalized spacial score (nSPS) is 11.1. The summed E-state index contributed by atoms with van der Waals surface area (Å²) in [5, 5.41) is 1.45. The Morgan fingerprint density at radius 2 is 1.73 bits per heavy atom. The highest BCUT2D eigenvalue weighted by atomic mass is 35.5. The van der Waals surface area contributed by atoms with Crippen molar-refractivity contribution < 1.29 is 23.1 Å². The summed E-state index contributed by atoms with van der Waals surface area (Å²) in [6.45, 7) is -0.403. The van der Waals surface area contributed by atoms with Crippen LogP contribution < -0.4 is 14.9 Å². The van der Waals surface area contributed by atoms with E-state index < -0.39 is 17.8 Å². The molecule has 0 bridgehead atoms. The maximum Gasteiger partial charge on any atom is 0.235 e. The summed E-state index contributed by atoms with van der Waals surface area (Å²) in [5.74, 6) is 0.512. The van der Waals surface area contributed by atoms with Crippen molar-refractivity contribution in [1.29, 1.82) is 0 Å². The second-order valence-corrected chi connectivity index (χ2v) is 7.76. The number of ketones is 1. The average Bonchev–Trinajstić information content (AvgIpc) is 3.28. The third kappa shape index (κ3) is 3.97. The van der Waals surface area contributed by atoms with Gasteiger partial charge in [-0.3, -0.25) is 9.59 Å². The van der Waals surface area contributed by atoms with E-state index in [0.717, 1.165) is 5.39 Å². The van der Waals surface area contributed by atoms with Crippen LogP contribution in [-0.4, -0.2) is 19.5 Å². The molecule has 5 aromatic rings. The molecule has 0 aliphatic carbocycles. The van der Waals surface area contributed by atoms with Gasteiger partial charge in [-0.15, -0.1) is 0 Å². The Morgan fingerprint density at radius 3 is 2.48 bits per heavy atom. The molecule has 0 saturated carbocycles. The maximum atomic E-state index is 13.3. The third-order valence-corrected chi connectivity index (χ3v) is 5.45. The molecule has 0 aliphatic rings. The van der Waals surface area contributed by atoms with Crippen LogP contribution in [0.5, 0.6) is 11.5 Å². The van der Waals surface area contributed by atoms with Gasteiger partial charge in [0.1, 0.15) is 16.9 Å². The molecule has 0 saturated heterocycles. The first-order chi connectivity index (χ1) is 16.0. The predicted octanol–water partition coefficient (Wildman–Crippen LogP) is 6.13. The fourth-order valence-corrected chi connectivity index (χ4v) is 3.71. The molecule has 2 heterocycles. The number of fused-ring (bicyclic) bond motifs is 2. The second kappa shape index (κ2) is 8.48. The monoisotopic (exact) mass is 460 g/mol. The molecule has 0 atom stereocenters. The molecule has 164 valence electrons. The van der Waals surface area contributed by atoms with Crippen molar-refractivity contribution in [3.05, 3.63) is 93.8 Å². The van der Waals surface area contributed by atoms with Gasteiger partial charge in [0.05, 0.1) is 12.5 Å². The van der Waals surface area contributed by atoms with E-state index in [9.17, 15) is 9.59 Å². The lowest BCUT2D eigenvalue weighted by atomic mass is 10.1. The summed E-state index contributed by atoms with van der Waals surface area (Å²) < 4.78 is 22.6. The minimum atomic E-state index is -0.429. The molecule has 2 aromatic heterocycles. The van der Waals surface area contributed by atoms with Crippen molar-refractivity contribution >= 4 is 39.3 Å². The molecule has 0 spiro atoms. The van der Waals surface area contributed by atoms with Crippen LogP contribution in [0.2, 0.25) is 5.02 Å². The van der Waals surface area contributed by atoms with Crippen molar-refractivity contribution in [3.8, 4) is 22.8 Å². The maximum absolute atomic E-state index is 13.3. The fourth-order valence-electron chi connectivity index (χ4n) is 3.54. The van der Waals surface area contributed by atoms with Crippen LogP contribution in [0.1, 0.15) is 10.6 Å². The van der Waals surface area contributed by atoms with E-state index in [1.165, 1.54) is 6.07 Å². The zero-order valence-electron chi connectivity index (χ0n) is 17.5. The molecule has 3 aromatic carbocycles. The molecule has 0 aliphatic heterocycles. The van der Waals surface area contributed by atoms with Crippen molar-refractivity contribution in [3.63, 3.8) is 0 Å². The Hall–Kier alpha value is -4.03. The molecule has 0 fully saturated rings. The Labute approximate surface area is 192 Å². The molecule has 7 heteroatoms. The fraction of sp³-hybridized carbons (Fsp3) is 0.0769. The van der Waals surface area contributed by atoms with Gasteiger partial charge in [-0.05, 0) is 54.6 Å². The summed E-state index contributed by atoms with van der Waals surface area (Å²) in [5.41, 5.74) is 1.11. The van der Waals surface area contributed by atoms with Gasteiger partial charge >= 0.3 is 0 Å². The first-order valence-corrected chi connectivity index (χ1v) is 10.5. The number of para-hydroxylation sites is 1. The number of halogens is 1. The molecule has 6 nitrogen and oxygen atoms in total. The van der Waals surface area contributed by atoms with Crippen LogP contribution in [0.15, 0.2) is 86.4 Å². The van der Waals surface area contributed by atoms with Crippen LogP contribution >= 0.6 is 11.6 Å². The average molecular weight is 461 g/mol. The van der Waals surface area contributed by atoms with Gasteiger partial charge in [0.25, 0.3) is 0 Å². The van der Waals surface area contributed by atoms with Crippen molar-refractivity contribution in [1.82, 2.24) is 0 Å². The minimum Gasteiger partial charge on any atom is -0.497 e. The number of carbonyl (C=O) groups excluding carboxylic acids is 1. The van der Waals surface area contributed by atoms with Gasteiger partial charge < -0.3 is 18.3 Å². The van der Waals surface area contributed by atoms with Gasteiger partial charge in [-0.1, -0.05) is 29.8 Å². The number of furan rings is 1. The SMILES string of the molecule is COc1ccc(-c2oc3ccc(Cl)cc3c(=O)c2OCC(=O)c2cc3ccccc3o2)cc1. The number of rotatable bonds is 6. The highest BCUT2D eigenvalue weighted by Crippen LogP contribution is 2.33. The van der Waals surface area contributed by atoms with Crippen molar-refractivity contribution in [2.45, 2.75) is 0 Å². The lowest BCUT2D eigenvalue weighted by Crippen LogP contribution is -2.16. The number of hydrogen-bond acceptors (Lipinski definition) is 6. The third-order valence-electron chi connectivity index (χ3n) is 5.21. The van der Waals surface area contributed by atoms with Crippen LogP contribution in [-0.2, 0) is 0 Å². The van der Waals surface area contributed by atoms with Crippen LogP contribution in [0.4, 0.5) is 0 Å². The molecule has 0 unspecified atom stereocenters. The number of Topliss-reactive ketones (excluding diaryl/α,β-unsaturated/α-hetero) is 1. The number of ether oxygens (including phenoxy) is 2. The van der Waals surface area contributed by atoms with Gasteiger partial charge in [-0.25, -0.2) is 0 Å².